The summed E-state index contributed by atoms with van der Waals surface area (Å²) in [6, 6.07) is 5.62. The van der Waals surface area contributed by atoms with Gasteiger partial charge in [0.15, 0.2) is 0 Å². The van der Waals surface area contributed by atoms with Crippen molar-refractivity contribution in [2.45, 2.75) is 26.2 Å². The number of carbonyl (C=O) groups excluding carboxylic acids is 1. The summed E-state index contributed by atoms with van der Waals surface area (Å²) in [5.74, 6) is 1.65. The highest BCUT2D eigenvalue weighted by Gasteiger charge is 2.25. The summed E-state index contributed by atoms with van der Waals surface area (Å²) in [6.45, 7) is 5.27. The van der Waals surface area contributed by atoms with E-state index in [1.54, 1.807) is 0 Å². The molecule has 1 saturated heterocycles. The van der Waals surface area contributed by atoms with Gasteiger partial charge in [-0.05, 0) is 63.0 Å². The Hall–Kier alpha value is -1.26. The lowest BCUT2D eigenvalue weighted by atomic mass is 10.1. The topological polar surface area (TPSA) is 41.6 Å². The number of benzene rings is 1. The third kappa shape index (κ3) is 4.89. The number of hydrogen-bond acceptors (Lipinski definition) is 3. The number of likely N-dealkylation sites (tertiary alicyclic amines) is 1. The van der Waals surface area contributed by atoms with Crippen LogP contribution in [0.3, 0.4) is 0 Å². The van der Waals surface area contributed by atoms with E-state index < -0.39 is 0 Å². The van der Waals surface area contributed by atoms with Gasteiger partial charge in [0, 0.05) is 24.5 Å². The van der Waals surface area contributed by atoms with Crippen LogP contribution in [0, 0.1) is 12.8 Å². The second kappa shape index (κ2) is 8.39. The van der Waals surface area contributed by atoms with E-state index in [1.807, 2.05) is 37.1 Å². The summed E-state index contributed by atoms with van der Waals surface area (Å²) in [5.41, 5.74) is 1.00. The van der Waals surface area contributed by atoms with Crippen LogP contribution in [0.4, 0.5) is 0 Å². The molecule has 0 saturated carbocycles. The van der Waals surface area contributed by atoms with Gasteiger partial charge < -0.3 is 15.0 Å². The minimum atomic E-state index is 0.245. The van der Waals surface area contributed by atoms with Crippen LogP contribution in [0.5, 0.6) is 5.75 Å². The summed E-state index contributed by atoms with van der Waals surface area (Å²) in [7, 11) is 1.96. The van der Waals surface area contributed by atoms with Gasteiger partial charge in [-0.2, -0.15) is 0 Å². The predicted molar refractivity (Wildman–Crippen MR) is 89.5 cm³/mol. The van der Waals surface area contributed by atoms with Crippen LogP contribution in [0.25, 0.3) is 0 Å². The molecule has 1 N–H and O–H groups in total. The quantitative estimate of drug-likeness (QED) is 0.784. The zero-order valence-electron chi connectivity index (χ0n) is 13.4. The van der Waals surface area contributed by atoms with Crippen LogP contribution >= 0.6 is 11.6 Å². The molecule has 22 heavy (non-hydrogen) atoms. The molecule has 1 amide bonds. The van der Waals surface area contributed by atoms with Crippen molar-refractivity contribution in [3.63, 3.8) is 0 Å². The summed E-state index contributed by atoms with van der Waals surface area (Å²) in [4.78, 5) is 14.1. The maximum atomic E-state index is 12.1. The van der Waals surface area contributed by atoms with E-state index in [-0.39, 0.29) is 5.91 Å². The fourth-order valence-electron chi connectivity index (χ4n) is 2.79. The van der Waals surface area contributed by atoms with Gasteiger partial charge in [0.1, 0.15) is 5.75 Å². The first-order valence-electron chi connectivity index (χ1n) is 7.91. The second-order valence-corrected chi connectivity index (χ2v) is 6.32. The fourth-order valence-corrected chi connectivity index (χ4v) is 2.91. The largest absolute Gasteiger partial charge is 0.494 e. The molecule has 1 heterocycles. The van der Waals surface area contributed by atoms with Crippen LogP contribution in [0.15, 0.2) is 18.2 Å². The first-order valence-corrected chi connectivity index (χ1v) is 8.29. The molecule has 0 unspecified atom stereocenters. The minimum absolute atomic E-state index is 0.245. The maximum absolute atomic E-state index is 12.1. The first kappa shape index (κ1) is 17.1. The second-order valence-electron chi connectivity index (χ2n) is 5.92. The zero-order valence-corrected chi connectivity index (χ0v) is 14.2. The number of rotatable bonds is 7. The van der Waals surface area contributed by atoms with Crippen molar-refractivity contribution in [1.82, 2.24) is 10.2 Å². The minimum Gasteiger partial charge on any atom is -0.494 e. The number of nitrogens with one attached hydrogen (secondary N) is 1. The van der Waals surface area contributed by atoms with Gasteiger partial charge in [-0.15, -0.1) is 0 Å². The summed E-state index contributed by atoms with van der Waals surface area (Å²) >= 11 is 5.98. The zero-order chi connectivity index (χ0) is 15.9. The molecule has 1 fully saturated rings. The van der Waals surface area contributed by atoms with Crippen molar-refractivity contribution in [1.29, 1.82) is 0 Å². The van der Waals surface area contributed by atoms with Gasteiger partial charge in [0.05, 0.1) is 6.61 Å². The van der Waals surface area contributed by atoms with Crippen LogP contribution < -0.4 is 10.1 Å². The molecule has 4 nitrogen and oxygen atoms in total. The van der Waals surface area contributed by atoms with E-state index in [9.17, 15) is 4.79 Å². The van der Waals surface area contributed by atoms with Gasteiger partial charge in [-0.25, -0.2) is 0 Å². The van der Waals surface area contributed by atoms with E-state index in [2.05, 4.69) is 5.32 Å². The molecule has 5 heteroatoms. The Morgan fingerprint density at radius 1 is 1.50 bits per heavy atom. The third-order valence-electron chi connectivity index (χ3n) is 4.06. The van der Waals surface area contributed by atoms with Gasteiger partial charge in [-0.1, -0.05) is 11.6 Å². The van der Waals surface area contributed by atoms with Gasteiger partial charge in [0.2, 0.25) is 5.91 Å². The van der Waals surface area contributed by atoms with Crippen LogP contribution in [0.2, 0.25) is 5.02 Å². The van der Waals surface area contributed by atoms with E-state index in [0.29, 0.717) is 18.9 Å². The lowest BCUT2D eigenvalue weighted by molar-refractivity contribution is -0.130. The number of aryl methyl sites for hydroxylation is 1. The molecule has 0 aromatic heterocycles. The molecular weight excluding hydrogens is 300 g/mol. The monoisotopic (exact) mass is 324 g/mol. The third-order valence-corrected chi connectivity index (χ3v) is 4.49. The maximum Gasteiger partial charge on any atom is 0.222 e. The summed E-state index contributed by atoms with van der Waals surface area (Å²) in [5, 5.41) is 3.92. The Morgan fingerprint density at radius 3 is 3.05 bits per heavy atom. The van der Waals surface area contributed by atoms with Gasteiger partial charge >= 0.3 is 0 Å². The van der Waals surface area contributed by atoms with Crippen molar-refractivity contribution in [2.75, 3.05) is 33.3 Å². The van der Waals surface area contributed by atoms with Crippen LogP contribution in [-0.2, 0) is 4.79 Å². The highest BCUT2D eigenvalue weighted by atomic mass is 35.5. The Labute approximate surface area is 137 Å². The average molecular weight is 325 g/mol. The summed E-state index contributed by atoms with van der Waals surface area (Å²) in [6.07, 6.45) is 2.40. The summed E-state index contributed by atoms with van der Waals surface area (Å²) < 4.78 is 5.68. The van der Waals surface area contributed by atoms with Crippen molar-refractivity contribution in [3.8, 4) is 5.75 Å². The number of ether oxygens (including phenoxy) is 1. The molecule has 1 aromatic rings. The number of halogens is 1. The molecule has 0 radical (unpaired) electrons. The Morgan fingerprint density at radius 2 is 2.32 bits per heavy atom. The van der Waals surface area contributed by atoms with Crippen LogP contribution in [0.1, 0.15) is 24.8 Å². The molecule has 1 aliphatic heterocycles. The Balaban J connectivity index is 1.66. The van der Waals surface area contributed by atoms with E-state index in [1.165, 1.54) is 0 Å². The molecule has 122 valence electrons. The van der Waals surface area contributed by atoms with Gasteiger partial charge in [-0.3, -0.25) is 4.79 Å². The average Bonchev–Trinajstić information content (AvgIpc) is 2.96. The first-order chi connectivity index (χ1) is 10.6. The molecule has 0 bridgehead atoms. The molecule has 0 aliphatic carbocycles. The fraction of sp³-hybridized carbons (Fsp3) is 0.588. The number of hydrogen-bond donors (Lipinski definition) is 1. The smallest absolute Gasteiger partial charge is 0.222 e. The van der Waals surface area contributed by atoms with Gasteiger partial charge in [0.25, 0.3) is 0 Å². The highest BCUT2D eigenvalue weighted by Crippen LogP contribution is 2.21. The standard InChI is InChI=1S/C17H25ClN2O2/c1-13-10-15(5-6-16(13)18)22-9-3-4-17(21)20-8-7-14(12-20)11-19-2/h5-6,10,14,19H,3-4,7-9,11-12H2,1-2H3/t14-/m0/s1. The molecule has 0 spiro atoms. The number of amides is 1. The molecule has 2 rings (SSSR count). The highest BCUT2D eigenvalue weighted by molar-refractivity contribution is 6.31. The van der Waals surface area contributed by atoms with E-state index >= 15 is 0 Å². The van der Waals surface area contributed by atoms with E-state index in [0.717, 1.165) is 48.8 Å². The molecule has 1 aliphatic rings. The molecule has 1 atom stereocenters. The normalized spacial score (nSPS) is 17.8. The number of carbonyl (C=O) groups is 1. The molecular formula is C17H25ClN2O2. The van der Waals surface area contributed by atoms with Crippen molar-refractivity contribution < 1.29 is 9.53 Å². The van der Waals surface area contributed by atoms with E-state index in [4.69, 9.17) is 16.3 Å². The Bertz CT molecular complexity index is 507. The van der Waals surface area contributed by atoms with Crippen molar-refractivity contribution >= 4 is 17.5 Å². The van der Waals surface area contributed by atoms with Crippen LogP contribution in [-0.4, -0.2) is 44.1 Å². The van der Waals surface area contributed by atoms with Crippen molar-refractivity contribution in [2.24, 2.45) is 5.92 Å². The number of nitrogens with zero attached hydrogens (tertiary/aromatic N) is 1. The predicted octanol–water partition coefficient (Wildman–Crippen LogP) is 2.88. The lowest BCUT2D eigenvalue weighted by Crippen LogP contribution is -2.30. The SMILES string of the molecule is CNC[C@@H]1CCN(C(=O)CCCOc2ccc(Cl)c(C)c2)C1. The Kier molecular flexibility index (Phi) is 6.52. The lowest BCUT2D eigenvalue weighted by Gasteiger charge is -2.16. The van der Waals surface area contributed by atoms with Crippen molar-refractivity contribution in [3.05, 3.63) is 28.8 Å². The molecule has 1 aromatic carbocycles.